The second-order valence-electron chi connectivity index (χ2n) is 16.0. The molecule has 0 aromatic carbocycles. The zero-order chi connectivity index (χ0) is 38.7. The lowest BCUT2D eigenvalue weighted by Gasteiger charge is -2.21. The SMILES string of the molecule is CCCCCCC/C=C/CC/C=C/CC/C=C/C(O)C(CO)NC(=O)C(O)CCCCCCCCCCCCCCCCCCCCCCCCCC. The minimum atomic E-state index is -1.11. The predicted molar refractivity (Wildman–Crippen MR) is 231 cm³/mol. The largest absolute Gasteiger partial charge is 0.394 e. The molecule has 53 heavy (non-hydrogen) atoms. The Hall–Kier alpha value is -1.43. The van der Waals surface area contributed by atoms with Gasteiger partial charge in [0, 0.05) is 0 Å². The Morgan fingerprint density at radius 1 is 0.453 bits per heavy atom. The quantitative estimate of drug-likeness (QED) is 0.0370. The summed E-state index contributed by atoms with van der Waals surface area (Å²) in [5.74, 6) is -0.515. The first-order valence-corrected chi connectivity index (χ1v) is 23.3. The van der Waals surface area contributed by atoms with E-state index >= 15 is 0 Å². The highest BCUT2D eigenvalue weighted by atomic mass is 16.3. The second kappa shape index (κ2) is 43.3. The number of carbonyl (C=O) groups excluding carboxylic acids is 1. The van der Waals surface area contributed by atoms with E-state index in [1.54, 1.807) is 6.08 Å². The Bertz CT molecular complexity index is 824. The van der Waals surface area contributed by atoms with Crippen LogP contribution in [0.3, 0.4) is 0 Å². The normalized spacial score (nSPS) is 13.8. The Morgan fingerprint density at radius 2 is 0.774 bits per heavy atom. The highest BCUT2D eigenvalue weighted by molar-refractivity contribution is 5.80. The molecule has 0 spiro atoms. The van der Waals surface area contributed by atoms with Crippen molar-refractivity contribution in [3.05, 3.63) is 36.5 Å². The van der Waals surface area contributed by atoms with Gasteiger partial charge in [-0.25, -0.2) is 0 Å². The molecule has 5 nitrogen and oxygen atoms in total. The van der Waals surface area contributed by atoms with Crippen molar-refractivity contribution in [2.45, 2.75) is 257 Å². The number of aliphatic hydroxyl groups is 3. The average Bonchev–Trinajstić information content (AvgIpc) is 3.16. The molecular formula is C48H91NO4. The van der Waals surface area contributed by atoms with Gasteiger partial charge in [-0.15, -0.1) is 0 Å². The Labute approximate surface area is 330 Å². The molecule has 0 bridgehead atoms. The van der Waals surface area contributed by atoms with Crippen molar-refractivity contribution in [3.8, 4) is 0 Å². The topological polar surface area (TPSA) is 89.8 Å². The van der Waals surface area contributed by atoms with Gasteiger partial charge in [0.05, 0.1) is 18.8 Å². The van der Waals surface area contributed by atoms with Crippen LogP contribution in [0, 0.1) is 0 Å². The van der Waals surface area contributed by atoms with Crippen LogP contribution < -0.4 is 5.32 Å². The Morgan fingerprint density at radius 3 is 1.15 bits per heavy atom. The molecule has 0 aromatic rings. The van der Waals surface area contributed by atoms with Gasteiger partial charge >= 0.3 is 0 Å². The van der Waals surface area contributed by atoms with E-state index in [-0.39, 0.29) is 6.61 Å². The molecule has 312 valence electrons. The maximum Gasteiger partial charge on any atom is 0.249 e. The summed E-state index contributed by atoms with van der Waals surface area (Å²) in [6, 6.07) is -0.818. The zero-order valence-corrected chi connectivity index (χ0v) is 35.4. The van der Waals surface area contributed by atoms with Crippen LogP contribution in [0.2, 0.25) is 0 Å². The third-order valence-electron chi connectivity index (χ3n) is 10.7. The molecule has 0 heterocycles. The van der Waals surface area contributed by atoms with Gasteiger partial charge < -0.3 is 20.6 Å². The fourth-order valence-corrected chi connectivity index (χ4v) is 7.04. The van der Waals surface area contributed by atoms with Crippen molar-refractivity contribution in [1.29, 1.82) is 0 Å². The maximum absolute atomic E-state index is 12.5. The van der Waals surface area contributed by atoms with E-state index in [9.17, 15) is 20.1 Å². The number of amides is 1. The van der Waals surface area contributed by atoms with E-state index in [1.807, 2.05) is 6.08 Å². The summed E-state index contributed by atoms with van der Waals surface area (Å²) in [6.07, 6.45) is 54.7. The molecule has 0 saturated heterocycles. The highest BCUT2D eigenvalue weighted by Crippen LogP contribution is 2.16. The summed E-state index contributed by atoms with van der Waals surface area (Å²) < 4.78 is 0. The third-order valence-corrected chi connectivity index (χ3v) is 10.7. The fourth-order valence-electron chi connectivity index (χ4n) is 7.04. The molecule has 0 aliphatic carbocycles. The van der Waals surface area contributed by atoms with Crippen molar-refractivity contribution in [3.63, 3.8) is 0 Å². The standard InChI is InChI=1S/C48H91NO4/c1-3-5-7-9-11-13-15-17-19-20-21-22-23-24-25-26-27-29-31-33-35-37-39-41-43-47(52)48(53)49-45(44-50)46(51)42-40-38-36-34-32-30-28-18-16-14-12-10-8-6-4-2/h16,18,32,34,40,42,45-47,50-52H,3-15,17,19-31,33,35-39,41,43-44H2,1-2H3,(H,49,53)/b18-16+,34-32+,42-40+. The first kappa shape index (κ1) is 51.6. The first-order chi connectivity index (χ1) is 26.1. The first-order valence-electron chi connectivity index (χ1n) is 23.3. The Balaban J connectivity index is 3.64. The third kappa shape index (κ3) is 38.6. The highest BCUT2D eigenvalue weighted by Gasteiger charge is 2.22. The van der Waals surface area contributed by atoms with E-state index in [4.69, 9.17) is 0 Å². The number of rotatable bonds is 42. The van der Waals surface area contributed by atoms with Gasteiger partial charge in [0.15, 0.2) is 0 Å². The average molecular weight is 746 g/mol. The molecule has 0 aliphatic rings. The van der Waals surface area contributed by atoms with E-state index in [2.05, 4.69) is 43.5 Å². The minimum absolute atomic E-state index is 0.379. The van der Waals surface area contributed by atoms with Gasteiger partial charge in [0.1, 0.15) is 6.10 Å². The Kier molecular flexibility index (Phi) is 42.1. The monoisotopic (exact) mass is 746 g/mol. The van der Waals surface area contributed by atoms with Crippen LogP contribution in [0.1, 0.15) is 239 Å². The summed E-state index contributed by atoms with van der Waals surface area (Å²) in [5.41, 5.74) is 0. The van der Waals surface area contributed by atoms with Crippen LogP contribution in [0.15, 0.2) is 36.5 Å². The summed E-state index contributed by atoms with van der Waals surface area (Å²) in [7, 11) is 0. The molecule has 5 heteroatoms. The number of unbranched alkanes of at least 4 members (excludes halogenated alkanes) is 30. The summed E-state index contributed by atoms with van der Waals surface area (Å²) in [5, 5.41) is 33.1. The van der Waals surface area contributed by atoms with Crippen molar-refractivity contribution in [2.24, 2.45) is 0 Å². The fraction of sp³-hybridized carbons (Fsp3) is 0.854. The molecule has 0 aromatic heterocycles. The molecule has 3 atom stereocenters. The molecule has 0 saturated carbocycles. The van der Waals surface area contributed by atoms with Crippen LogP contribution in [-0.4, -0.2) is 46.1 Å². The van der Waals surface area contributed by atoms with Gasteiger partial charge in [-0.1, -0.05) is 230 Å². The lowest BCUT2D eigenvalue weighted by molar-refractivity contribution is -0.131. The van der Waals surface area contributed by atoms with Crippen molar-refractivity contribution in [2.75, 3.05) is 6.61 Å². The van der Waals surface area contributed by atoms with Crippen LogP contribution in [0.25, 0.3) is 0 Å². The van der Waals surface area contributed by atoms with Gasteiger partial charge in [0.25, 0.3) is 0 Å². The summed E-state index contributed by atoms with van der Waals surface area (Å²) >= 11 is 0. The number of hydrogen-bond acceptors (Lipinski definition) is 4. The summed E-state index contributed by atoms with van der Waals surface area (Å²) in [6.45, 7) is 4.16. The molecule has 3 unspecified atom stereocenters. The van der Waals surface area contributed by atoms with Crippen LogP contribution >= 0.6 is 0 Å². The van der Waals surface area contributed by atoms with E-state index in [1.165, 1.54) is 173 Å². The molecule has 0 aliphatic heterocycles. The molecule has 4 N–H and O–H groups in total. The van der Waals surface area contributed by atoms with Crippen molar-refractivity contribution >= 4 is 5.91 Å². The van der Waals surface area contributed by atoms with Crippen molar-refractivity contribution < 1.29 is 20.1 Å². The molecular weight excluding hydrogens is 655 g/mol. The van der Waals surface area contributed by atoms with Crippen LogP contribution in [0.5, 0.6) is 0 Å². The lowest BCUT2D eigenvalue weighted by Crippen LogP contribution is -2.48. The van der Waals surface area contributed by atoms with Gasteiger partial charge in [-0.3, -0.25) is 4.79 Å². The maximum atomic E-state index is 12.5. The van der Waals surface area contributed by atoms with Crippen LogP contribution in [0.4, 0.5) is 0 Å². The summed E-state index contributed by atoms with van der Waals surface area (Å²) in [4.78, 5) is 12.5. The lowest BCUT2D eigenvalue weighted by atomic mass is 10.0. The zero-order valence-electron chi connectivity index (χ0n) is 35.4. The van der Waals surface area contributed by atoms with E-state index in [0.717, 1.165) is 44.9 Å². The number of hydrogen-bond donors (Lipinski definition) is 4. The minimum Gasteiger partial charge on any atom is -0.394 e. The predicted octanol–water partition coefficient (Wildman–Crippen LogP) is 13.5. The van der Waals surface area contributed by atoms with Gasteiger partial charge in [-0.05, 0) is 44.9 Å². The molecule has 0 fully saturated rings. The van der Waals surface area contributed by atoms with Crippen molar-refractivity contribution in [1.82, 2.24) is 5.32 Å². The molecule has 1 amide bonds. The number of aliphatic hydroxyl groups excluding tert-OH is 3. The number of allylic oxidation sites excluding steroid dienone is 5. The second-order valence-corrected chi connectivity index (χ2v) is 16.0. The molecule has 0 rings (SSSR count). The number of carbonyl (C=O) groups is 1. The van der Waals surface area contributed by atoms with Crippen LogP contribution in [-0.2, 0) is 4.79 Å². The smallest absolute Gasteiger partial charge is 0.249 e. The van der Waals surface area contributed by atoms with E-state index < -0.39 is 24.2 Å². The molecule has 0 radical (unpaired) electrons. The van der Waals surface area contributed by atoms with E-state index in [0.29, 0.717) is 6.42 Å². The van der Waals surface area contributed by atoms with Gasteiger partial charge in [-0.2, -0.15) is 0 Å². The number of nitrogens with one attached hydrogen (secondary N) is 1. The van der Waals surface area contributed by atoms with Gasteiger partial charge in [0.2, 0.25) is 5.91 Å².